The smallest absolute Gasteiger partial charge is 0.303 e. The lowest BCUT2D eigenvalue weighted by molar-refractivity contribution is -0.138. The molecule has 0 bridgehead atoms. The van der Waals surface area contributed by atoms with Crippen molar-refractivity contribution in [3.63, 3.8) is 0 Å². The van der Waals surface area contributed by atoms with Gasteiger partial charge in [0.15, 0.2) is 0 Å². The molecule has 0 atom stereocenters. The van der Waals surface area contributed by atoms with Crippen LogP contribution in [0, 0.1) is 5.82 Å². The zero-order valence-corrected chi connectivity index (χ0v) is 17.3. The van der Waals surface area contributed by atoms with Crippen molar-refractivity contribution in [3.05, 3.63) is 87.6 Å². The molecule has 0 spiro atoms. The maximum Gasteiger partial charge on any atom is 0.303 e. The minimum Gasteiger partial charge on any atom is -0.481 e. The van der Waals surface area contributed by atoms with Crippen LogP contribution in [0.15, 0.2) is 60.0 Å². The van der Waals surface area contributed by atoms with Gasteiger partial charge in [0, 0.05) is 31.3 Å². The van der Waals surface area contributed by atoms with E-state index in [1.165, 1.54) is 23.5 Å². The van der Waals surface area contributed by atoms with Crippen LogP contribution in [0.25, 0.3) is 0 Å². The zero-order valence-electron chi connectivity index (χ0n) is 16.5. The van der Waals surface area contributed by atoms with Gasteiger partial charge >= 0.3 is 5.97 Å². The van der Waals surface area contributed by atoms with Gasteiger partial charge in [-0.15, -0.1) is 11.3 Å². The van der Waals surface area contributed by atoms with Crippen LogP contribution in [0.5, 0.6) is 0 Å². The van der Waals surface area contributed by atoms with E-state index < -0.39 is 5.97 Å². The third-order valence-corrected chi connectivity index (χ3v) is 5.49. The molecule has 0 aliphatic heterocycles. The average molecular weight is 427 g/mol. The summed E-state index contributed by atoms with van der Waals surface area (Å²) >= 11 is 1.47. The number of hydrogen-bond acceptors (Lipinski definition) is 4. The van der Waals surface area contributed by atoms with Crippen LogP contribution < -0.4 is 0 Å². The number of rotatable bonds is 10. The number of carboxylic acid groups (broad SMARTS) is 1. The minimum atomic E-state index is -0.868. The second kappa shape index (κ2) is 10.6. The number of aromatic nitrogens is 1. The van der Waals surface area contributed by atoms with Crippen LogP contribution in [0.4, 0.5) is 4.39 Å². The Balaban J connectivity index is 1.63. The van der Waals surface area contributed by atoms with Crippen molar-refractivity contribution in [2.45, 2.75) is 32.2 Å². The SMILES string of the molecule is O=C(O)CCCN(Cc1ccccc1)C(=O)Cc1csc(Cc2ccc(F)cc2)n1. The first-order valence-electron chi connectivity index (χ1n) is 9.71. The van der Waals surface area contributed by atoms with Gasteiger partial charge in [-0.05, 0) is 29.7 Å². The second-order valence-electron chi connectivity index (χ2n) is 7.01. The van der Waals surface area contributed by atoms with Gasteiger partial charge in [0.2, 0.25) is 5.91 Å². The quantitative estimate of drug-likeness (QED) is 0.524. The van der Waals surface area contributed by atoms with E-state index in [2.05, 4.69) is 4.98 Å². The van der Waals surface area contributed by atoms with Gasteiger partial charge in [-0.3, -0.25) is 9.59 Å². The number of carbonyl (C=O) groups is 2. The number of nitrogens with zero attached hydrogens (tertiary/aromatic N) is 2. The number of amides is 1. The Morgan fingerprint density at radius 1 is 1.03 bits per heavy atom. The molecule has 1 N–H and O–H groups in total. The lowest BCUT2D eigenvalue weighted by Gasteiger charge is -2.22. The molecule has 0 radical (unpaired) electrons. The fourth-order valence-electron chi connectivity index (χ4n) is 3.07. The van der Waals surface area contributed by atoms with Gasteiger partial charge in [0.05, 0.1) is 17.1 Å². The molecule has 1 aromatic heterocycles. The molecule has 1 heterocycles. The summed E-state index contributed by atoms with van der Waals surface area (Å²) in [4.78, 5) is 30.0. The fraction of sp³-hybridized carbons (Fsp3) is 0.261. The normalized spacial score (nSPS) is 10.7. The predicted molar refractivity (Wildman–Crippen MR) is 114 cm³/mol. The minimum absolute atomic E-state index is 0.0249. The molecule has 1 amide bonds. The number of hydrogen-bond donors (Lipinski definition) is 1. The number of carboxylic acids is 1. The van der Waals surface area contributed by atoms with Crippen LogP contribution in [-0.2, 0) is 29.0 Å². The van der Waals surface area contributed by atoms with Gasteiger partial charge in [0.1, 0.15) is 5.82 Å². The molecule has 156 valence electrons. The Hall–Kier alpha value is -3.06. The Kier molecular flexibility index (Phi) is 7.68. The Morgan fingerprint density at radius 3 is 2.47 bits per heavy atom. The highest BCUT2D eigenvalue weighted by Gasteiger charge is 2.17. The van der Waals surface area contributed by atoms with Crippen LogP contribution in [0.2, 0.25) is 0 Å². The molecule has 0 saturated heterocycles. The molecule has 5 nitrogen and oxygen atoms in total. The lowest BCUT2D eigenvalue weighted by Crippen LogP contribution is -2.33. The molecule has 3 aromatic rings. The van der Waals surface area contributed by atoms with Gasteiger partial charge in [-0.1, -0.05) is 42.5 Å². The molecular formula is C23H23FN2O3S. The van der Waals surface area contributed by atoms with Crippen LogP contribution in [0.3, 0.4) is 0 Å². The summed E-state index contributed by atoms with van der Waals surface area (Å²) in [6.07, 6.45) is 1.18. The number of aliphatic carboxylic acids is 1. The van der Waals surface area contributed by atoms with Crippen LogP contribution >= 0.6 is 11.3 Å². The molecule has 0 aliphatic rings. The molecule has 30 heavy (non-hydrogen) atoms. The molecule has 0 unspecified atom stereocenters. The average Bonchev–Trinajstić information content (AvgIpc) is 3.16. The fourth-order valence-corrected chi connectivity index (χ4v) is 3.90. The first-order valence-corrected chi connectivity index (χ1v) is 10.6. The van der Waals surface area contributed by atoms with E-state index in [1.807, 2.05) is 35.7 Å². The molecule has 0 saturated carbocycles. The zero-order chi connectivity index (χ0) is 21.3. The van der Waals surface area contributed by atoms with Crippen molar-refractivity contribution < 1.29 is 19.1 Å². The van der Waals surface area contributed by atoms with E-state index in [-0.39, 0.29) is 24.6 Å². The summed E-state index contributed by atoms with van der Waals surface area (Å²) in [5.41, 5.74) is 2.65. The van der Waals surface area contributed by atoms with E-state index in [9.17, 15) is 14.0 Å². The molecule has 0 fully saturated rings. The number of carbonyl (C=O) groups excluding carboxylic acids is 1. The highest BCUT2D eigenvalue weighted by Crippen LogP contribution is 2.17. The Bertz CT molecular complexity index is 974. The van der Waals surface area contributed by atoms with Crippen molar-refractivity contribution in [2.75, 3.05) is 6.54 Å². The van der Waals surface area contributed by atoms with Gasteiger partial charge in [0.25, 0.3) is 0 Å². The molecule has 0 aliphatic carbocycles. The number of thiazole rings is 1. The topological polar surface area (TPSA) is 70.5 Å². The molecule has 3 rings (SSSR count). The second-order valence-corrected chi connectivity index (χ2v) is 7.95. The van der Waals surface area contributed by atoms with Gasteiger partial charge in [-0.25, -0.2) is 9.37 Å². The predicted octanol–water partition coefficient (Wildman–Crippen LogP) is 4.31. The van der Waals surface area contributed by atoms with E-state index in [0.717, 1.165) is 16.1 Å². The van der Waals surface area contributed by atoms with E-state index in [1.54, 1.807) is 17.0 Å². The number of halogens is 1. The van der Waals surface area contributed by atoms with Gasteiger partial charge in [-0.2, -0.15) is 0 Å². The Morgan fingerprint density at radius 2 is 1.77 bits per heavy atom. The maximum atomic E-state index is 13.0. The van der Waals surface area contributed by atoms with Crippen molar-refractivity contribution in [1.82, 2.24) is 9.88 Å². The summed E-state index contributed by atoms with van der Waals surface area (Å²) in [6, 6.07) is 15.9. The summed E-state index contributed by atoms with van der Waals surface area (Å²) in [5.74, 6) is -1.22. The first-order chi connectivity index (χ1) is 14.5. The van der Waals surface area contributed by atoms with Crippen molar-refractivity contribution in [2.24, 2.45) is 0 Å². The van der Waals surface area contributed by atoms with Crippen molar-refractivity contribution in [3.8, 4) is 0 Å². The largest absolute Gasteiger partial charge is 0.481 e. The summed E-state index contributed by atoms with van der Waals surface area (Å²) in [7, 11) is 0. The number of benzene rings is 2. The van der Waals surface area contributed by atoms with Crippen LogP contribution in [0.1, 0.15) is 34.7 Å². The third kappa shape index (κ3) is 6.77. The Labute approximate surface area is 178 Å². The summed E-state index contributed by atoms with van der Waals surface area (Å²) in [5, 5.41) is 11.6. The summed E-state index contributed by atoms with van der Waals surface area (Å²) < 4.78 is 13.0. The van der Waals surface area contributed by atoms with E-state index in [4.69, 9.17) is 5.11 Å². The highest BCUT2D eigenvalue weighted by atomic mass is 32.1. The van der Waals surface area contributed by atoms with E-state index in [0.29, 0.717) is 31.6 Å². The maximum absolute atomic E-state index is 13.0. The van der Waals surface area contributed by atoms with Gasteiger partial charge < -0.3 is 10.0 Å². The summed E-state index contributed by atoms with van der Waals surface area (Å²) in [6.45, 7) is 0.818. The monoisotopic (exact) mass is 426 g/mol. The molecule has 7 heteroatoms. The lowest BCUT2D eigenvalue weighted by atomic mass is 10.1. The van der Waals surface area contributed by atoms with Crippen LogP contribution in [-0.4, -0.2) is 33.4 Å². The molecule has 2 aromatic carbocycles. The first kappa shape index (κ1) is 21.6. The molecular weight excluding hydrogens is 403 g/mol. The standard InChI is InChI=1S/C23H23FN2O3S/c24-19-10-8-17(9-11-19)13-21-25-20(16-30-21)14-22(27)26(12-4-7-23(28)29)15-18-5-2-1-3-6-18/h1-3,5-6,8-11,16H,4,7,12-15H2,(H,28,29). The van der Waals surface area contributed by atoms with Crippen molar-refractivity contribution in [1.29, 1.82) is 0 Å². The van der Waals surface area contributed by atoms with E-state index >= 15 is 0 Å². The highest BCUT2D eigenvalue weighted by molar-refractivity contribution is 7.09. The van der Waals surface area contributed by atoms with Crippen molar-refractivity contribution >= 4 is 23.2 Å². The third-order valence-electron chi connectivity index (χ3n) is 4.59.